The van der Waals surface area contributed by atoms with Gasteiger partial charge in [-0.15, -0.1) is 0 Å². The zero-order chi connectivity index (χ0) is 12.9. The van der Waals surface area contributed by atoms with E-state index < -0.39 is 30.1 Å². The number of carboxylic acids is 1. The fraction of sp³-hybridized carbons (Fsp3) is 0.800. The molecule has 0 aromatic carbocycles. The molecule has 0 saturated carbocycles. The fourth-order valence-corrected chi connectivity index (χ4v) is 1.19. The molecule has 6 heteroatoms. The van der Waals surface area contributed by atoms with Gasteiger partial charge in [-0.05, 0) is 19.3 Å². The number of carbonyl (C=O) groups excluding carboxylic acids is 1. The highest BCUT2D eigenvalue weighted by molar-refractivity contribution is 5.86. The number of hydrogen-bond donors (Lipinski definition) is 4. The lowest BCUT2D eigenvalue weighted by atomic mass is 10.0. The van der Waals surface area contributed by atoms with E-state index in [9.17, 15) is 14.7 Å². The Bertz CT molecular complexity index is 253. The lowest BCUT2D eigenvalue weighted by molar-refractivity contribution is -0.144. The zero-order valence-corrected chi connectivity index (χ0v) is 9.80. The SMILES string of the molecule is CC(C)C[C@H](NC(=O)C(O)C(C)N)C(=O)O. The lowest BCUT2D eigenvalue weighted by Gasteiger charge is -2.20. The van der Waals surface area contributed by atoms with Gasteiger partial charge in [0.25, 0.3) is 5.91 Å². The molecule has 0 aliphatic heterocycles. The van der Waals surface area contributed by atoms with E-state index >= 15 is 0 Å². The monoisotopic (exact) mass is 232 g/mol. The molecule has 0 fully saturated rings. The van der Waals surface area contributed by atoms with Crippen LogP contribution < -0.4 is 11.1 Å². The maximum Gasteiger partial charge on any atom is 0.326 e. The highest BCUT2D eigenvalue weighted by atomic mass is 16.4. The second kappa shape index (κ2) is 6.44. The summed E-state index contributed by atoms with van der Waals surface area (Å²) in [5, 5.41) is 20.5. The minimum absolute atomic E-state index is 0.133. The zero-order valence-electron chi connectivity index (χ0n) is 9.80. The molecule has 0 heterocycles. The van der Waals surface area contributed by atoms with Crippen LogP contribution in [0.25, 0.3) is 0 Å². The van der Waals surface area contributed by atoms with Gasteiger partial charge in [0.2, 0.25) is 0 Å². The first kappa shape index (κ1) is 14.9. The van der Waals surface area contributed by atoms with Crippen molar-refractivity contribution >= 4 is 11.9 Å². The number of nitrogens with two attached hydrogens (primary N) is 1. The number of amides is 1. The number of hydrogen-bond acceptors (Lipinski definition) is 4. The van der Waals surface area contributed by atoms with Crippen molar-refractivity contribution in [3.63, 3.8) is 0 Å². The molecule has 0 radical (unpaired) electrons. The van der Waals surface area contributed by atoms with E-state index in [0.717, 1.165) is 0 Å². The quantitative estimate of drug-likeness (QED) is 0.484. The van der Waals surface area contributed by atoms with E-state index in [2.05, 4.69) is 5.32 Å². The van der Waals surface area contributed by atoms with Crippen molar-refractivity contribution in [2.24, 2.45) is 11.7 Å². The van der Waals surface area contributed by atoms with Crippen LogP contribution in [0.5, 0.6) is 0 Å². The smallest absolute Gasteiger partial charge is 0.326 e. The summed E-state index contributed by atoms with van der Waals surface area (Å²) in [6.07, 6.45) is -1.07. The average Bonchev–Trinajstić information content (AvgIpc) is 2.14. The molecule has 94 valence electrons. The summed E-state index contributed by atoms with van der Waals surface area (Å²) in [7, 11) is 0. The summed E-state index contributed by atoms with van der Waals surface area (Å²) < 4.78 is 0. The van der Waals surface area contributed by atoms with E-state index in [0.29, 0.717) is 6.42 Å². The highest BCUT2D eigenvalue weighted by Crippen LogP contribution is 2.05. The van der Waals surface area contributed by atoms with E-state index in [1.54, 1.807) is 0 Å². The van der Waals surface area contributed by atoms with Crippen LogP contribution in [-0.4, -0.2) is 40.3 Å². The molecule has 1 amide bonds. The summed E-state index contributed by atoms with van der Waals surface area (Å²) in [6.45, 7) is 5.18. The third kappa shape index (κ3) is 5.09. The number of carboxylic acid groups (broad SMARTS) is 1. The Morgan fingerprint density at radius 3 is 2.12 bits per heavy atom. The molecule has 0 spiro atoms. The van der Waals surface area contributed by atoms with Crippen molar-refractivity contribution in [3.8, 4) is 0 Å². The molecule has 0 aliphatic carbocycles. The molecular formula is C10H20N2O4. The molecule has 0 aliphatic rings. The molecule has 6 nitrogen and oxygen atoms in total. The van der Waals surface area contributed by atoms with Gasteiger partial charge in [0.1, 0.15) is 12.1 Å². The molecule has 0 aromatic heterocycles. The maximum atomic E-state index is 11.4. The molecule has 16 heavy (non-hydrogen) atoms. The van der Waals surface area contributed by atoms with Gasteiger partial charge in [-0.3, -0.25) is 4.79 Å². The summed E-state index contributed by atoms with van der Waals surface area (Å²) in [6, 6.07) is -1.71. The Kier molecular flexibility index (Phi) is 5.98. The van der Waals surface area contributed by atoms with E-state index in [4.69, 9.17) is 10.8 Å². The Hall–Kier alpha value is -1.14. The van der Waals surface area contributed by atoms with Gasteiger partial charge in [-0.2, -0.15) is 0 Å². The Morgan fingerprint density at radius 1 is 1.31 bits per heavy atom. The number of carbonyl (C=O) groups is 2. The third-order valence-electron chi connectivity index (χ3n) is 2.09. The Morgan fingerprint density at radius 2 is 1.81 bits per heavy atom. The Labute approximate surface area is 94.8 Å². The first-order chi connectivity index (χ1) is 7.25. The van der Waals surface area contributed by atoms with Crippen molar-refractivity contribution in [2.45, 2.75) is 45.4 Å². The molecule has 5 N–H and O–H groups in total. The van der Waals surface area contributed by atoms with Gasteiger partial charge in [0.15, 0.2) is 0 Å². The van der Waals surface area contributed by atoms with Gasteiger partial charge in [-0.25, -0.2) is 4.79 Å². The standard InChI is InChI=1S/C10H20N2O4/c1-5(2)4-7(10(15)16)12-9(14)8(13)6(3)11/h5-8,13H,4,11H2,1-3H3,(H,12,14)(H,15,16)/t6?,7-,8?/m0/s1. The van der Waals surface area contributed by atoms with Crippen LogP contribution in [0.3, 0.4) is 0 Å². The third-order valence-corrected chi connectivity index (χ3v) is 2.09. The van der Waals surface area contributed by atoms with Crippen molar-refractivity contribution in [2.75, 3.05) is 0 Å². The van der Waals surface area contributed by atoms with Crippen LogP contribution in [0.2, 0.25) is 0 Å². The molecule has 0 rings (SSSR count). The average molecular weight is 232 g/mol. The van der Waals surface area contributed by atoms with Gasteiger partial charge < -0.3 is 21.3 Å². The molecule has 0 aromatic rings. The van der Waals surface area contributed by atoms with Crippen LogP contribution in [-0.2, 0) is 9.59 Å². The van der Waals surface area contributed by atoms with Gasteiger partial charge in [0.05, 0.1) is 0 Å². The maximum absolute atomic E-state index is 11.4. The first-order valence-electron chi connectivity index (χ1n) is 5.22. The molecule has 2 unspecified atom stereocenters. The van der Waals surface area contributed by atoms with E-state index in [1.165, 1.54) is 6.92 Å². The molecule has 3 atom stereocenters. The largest absolute Gasteiger partial charge is 0.480 e. The van der Waals surface area contributed by atoms with Crippen molar-refractivity contribution < 1.29 is 19.8 Å². The minimum Gasteiger partial charge on any atom is -0.480 e. The topological polar surface area (TPSA) is 113 Å². The normalized spacial score (nSPS) is 16.6. The second-order valence-corrected chi connectivity index (χ2v) is 4.33. The number of aliphatic hydroxyl groups excluding tert-OH is 1. The predicted octanol–water partition coefficient (Wildman–Crippen LogP) is -0.690. The fourth-order valence-electron chi connectivity index (χ4n) is 1.19. The summed E-state index contributed by atoms with van der Waals surface area (Å²) in [4.78, 5) is 22.2. The lowest BCUT2D eigenvalue weighted by Crippen LogP contribution is -2.50. The van der Waals surface area contributed by atoms with Gasteiger partial charge in [0, 0.05) is 6.04 Å². The van der Waals surface area contributed by atoms with Crippen molar-refractivity contribution in [1.29, 1.82) is 0 Å². The first-order valence-corrected chi connectivity index (χ1v) is 5.22. The number of rotatable bonds is 6. The van der Waals surface area contributed by atoms with Crippen LogP contribution in [0.4, 0.5) is 0 Å². The van der Waals surface area contributed by atoms with Crippen molar-refractivity contribution in [3.05, 3.63) is 0 Å². The summed E-state index contributed by atoms with van der Waals surface area (Å²) in [5.74, 6) is -1.73. The van der Waals surface area contributed by atoms with Crippen LogP contribution in [0.15, 0.2) is 0 Å². The van der Waals surface area contributed by atoms with E-state index in [-0.39, 0.29) is 5.92 Å². The highest BCUT2D eigenvalue weighted by Gasteiger charge is 2.26. The summed E-state index contributed by atoms with van der Waals surface area (Å²) >= 11 is 0. The summed E-state index contributed by atoms with van der Waals surface area (Å²) in [5.41, 5.74) is 5.33. The van der Waals surface area contributed by atoms with Gasteiger partial charge >= 0.3 is 5.97 Å². The van der Waals surface area contributed by atoms with Crippen LogP contribution in [0.1, 0.15) is 27.2 Å². The second-order valence-electron chi connectivity index (χ2n) is 4.33. The van der Waals surface area contributed by atoms with Crippen LogP contribution >= 0.6 is 0 Å². The Balaban J connectivity index is 4.40. The van der Waals surface area contributed by atoms with Crippen LogP contribution in [0, 0.1) is 5.92 Å². The van der Waals surface area contributed by atoms with Crippen molar-refractivity contribution in [1.82, 2.24) is 5.32 Å². The number of aliphatic hydroxyl groups is 1. The molecule has 0 saturated heterocycles. The molecular weight excluding hydrogens is 212 g/mol. The van der Waals surface area contributed by atoms with Gasteiger partial charge in [-0.1, -0.05) is 13.8 Å². The molecule has 0 bridgehead atoms. The minimum atomic E-state index is -1.38. The number of nitrogens with one attached hydrogen (secondary N) is 1. The number of aliphatic carboxylic acids is 1. The predicted molar refractivity (Wildman–Crippen MR) is 58.7 cm³/mol. The van der Waals surface area contributed by atoms with E-state index in [1.807, 2.05) is 13.8 Å².